The summed E-state index contributed by atoms with van der Waals surface area (Å²) in [6.07, 6.45) is 7.96. The lowest BCUT2D eigenvalue weighted by atomic mass is 10.2. The normalized spacial score (nSPS) is 26.6. The Labute approximate surface area is 53.7 Å². The van der Waals surface area contributed by atoms with Crippen molar-refractivity contribution in [3.05, 3.63) is 23.8 Å². The van der Waals surface area contributed by atoms with Gasteiger partial charge >= 0.3 is 0 Å². The molecule has 0 nitrogen and oxygen atoms in total. The highest BCUT2D eigenvalue weighted by Crippen LogP contribution is 2.23. The summed E-state index contributed by atoms with van der Waals surface area (Å²) in [5, 5.41) is 0. The highest BCUT2D eigenvalue weighted by molar-refractivity contribution is 6.15. The molecule has 0 heterocycles. The van der Waals surface area contributed by atoms with Gasteiger partial charge in [0.15, 0.2) is 0 Å². The van der Waals surface area contributed by atoms with Crippen LogP contribution in [0.5, 0.6) is 0 Å². The van der Waals surface area contributed by atoms with Crippen LogP contribution >= 0.6 is 0 Å². The first-order chi connectivity index (χ1) is 3.84. The van der Waals surface area contributed by atoms with Crippen molar-refractivity contribution in [3.8, 4) is 0 Å². The van der Waals surface area contributed by atoms with Gasteiger partial charge in [0.25, 0.3) is 0 Å². The van der Waals surface area contributed by atoms with Gasteiger partial charge in [0.05, 0.1) is 0 Å². The van der Waals surface area contributed by atoms with Gasteiger partial charge < -0.3 is 0 Å². The average molecular weight is 124 g/mol. The molecule has 0 saturated carbocycles. The van der Waals surface area contributed by atoms with E-state index in [0.717, 1.165) is 5.54 Å². The zero-order valence-corrected chi connectivity index (χ0v) is 7.52. The lowest BCUT2D eigenvalue weighted by Gasteiger charge is -2.01. The van der Waals surface area contributed by atoms with Crippen LogP contribution in [0.4, 0.5) is 0 Å². The average Bonchev–Trinajstić information content (AvgIpc) is 2.14. The van der Waals surface area contributed by atoms with Crippen molar-refractivity contribution in [2.24, 2.45) is 0 Å². The minimum absolute atomic E-state index is 0.847. The van der Waals surface area contributed by atoms with Crippen molar-refractivity contribution in [2.45, 2.75) is 18.9 Å². The fourth-order valence-corrected chi connectivity index (χ4v) is 1.88. The molecule has 1 atom stereocenters. The second-order valence-corrected chi connectivity index (χ2v) is 3.51. The smallest absolute Gasteiger partial charge is 0.0166 e. The molecule has 0 aliphatic heterocycles. The van der Waals surface area contributed by atoms with Crippen LogP contribution in [0, 0.1) is 0 Å². The molecule has 44 valence electrons. The highest BCUT2D eigenvalue weighted by atomic mass is 28.1. The zero-order chi connectivity index (χ0) is 5.98. The maximum atomic E-state index is 2.30. The molecule has 0 radical (unpaired) electrons. The van der Waals surface area contributed by atoms with Gasteiger partial charge in [-0.3, -0.25) is 0 Å². The van der Waals surface area contributed by atoms with Gasteiger partial charge in [0.1, 0.15) is 0 Å². The molecule has 1 aliphatic carbocycles. The van der Waals surface area contributed by atoms with Crippen LogP contribution in [0.2, 0.25) is 5.54 Å². The van der Waals surface area contributed by atoms with Gasteiger partial charge in [-0.15, -0.1) is 0 Å². The molecular weight excluding hydrogens is 112 g/mol. The van der Waals surface area contributed by atoms with Crippen LogP contribution in [-0.2, 0) is 0 Å². The van der Waals surface area contributed by atoms with Crippen molar-refractivity contribution in [1.29, 1.82) is 0 Å². The summed E-state index contributed by atoms with van der Waals surface area (Å²) in [7, 11) is 1.29. The Balaban J connectivity index is 2.59. The molecule has 0 N–H and O–H groups in total. The van der Waals surface area contributed by atoms with E-state index < -0.39 is 0 Å². The molecule has 1 heteroatoms. The van der Waals surface area contributed by atoms with Crippen LogP contribution in [0.15, 0.2) is 23.8 Å². The summed E-state index contributed by atoms with van der Waals surface area (Å²) >= 11 is 0. The van der Waals surface area contributed by atoms with E-state index >= 15 is 0 Å². The number of hydrogen-bond donors (Lipinski definition) is 0. The topological polar surface area (TPSA) is 0 Å². The van der Waals surface area contributed by atoms with Crippen LogP contribution in [0.1, 0.15) is 13.3 Å². The molecule has 1 aliphatic rings. The fraction of sp³-hybridized carbons (Fsp3) is 0.429. The Morgan fingerprint density at radius 1 is 1.75 bits per heavy atom. The Kier molecular flexibility index (Phi) is 1.68. The highest BCUT2D eigenvalue weighted by Gasteiger charge is 2.04. The number of rotatable bonds is 1. The summed E-state index contributed by atoms with van der Waals surface area (Å²) in [5.41, 5.74) is 2.47. The lowest BCUT2D eigenvalue weighted by molar-refractivity contribution is 1.05. The molecule has 0 bridgehead atoms. The van der Waals surface area contributed by atoms with E-state index in [0.29, 0.717) is 0 Å². The van der Waals surface area contributed by atoms with Crippen molar-refractivity contribution in [2.75, 3.05) is 0 Å². The van der Waals surface area contributed by atoms with E-state index in [-0.39, 0.29) is 0 Å². The molecule has 0 amide bonds. The predicted octanol–water partition coefficient (Wildman–Crippen LogP) is 1.05. The van der Waals surface area contributed by atoms with E-state index in [1.54, 1.807) is 5.57 Å². The molecule has 1 rings (SSSR count). The molecule has 0 aromatic carbocycles. The summed E-state index contributed by atoms with van der Waals surface area (Å²) in [4.78, 5) is 0. The predicted molar refractivity (Wildman–Crippen MR) is 41.2 cm³/mol. The largest absolute Gasteiger partial charge is 0.0811 e. The molecule has 0 aromatic heterocycles. The quantitative estimate of drug-likeness (QED) is 0.458. The van der Waals surface area contributed by atoms with E-state index in [9.17, 15) is 0 Å². The third kappa shape index (κ3) is 0.919. The number of hydrogen-bond acceptors (Lipinski definition) is 0. The van der Waals surface area contributed by atoms with Crippen molar-refractivity contribution in [3.63, 3.8) is 0 Å². The minimum atomic E-state index is 0.847. The first kappa shape index (κ1) is 5.83. The van der Waals surface area contributed by atoms with Crippen LogP contribution in [0.3, 0.4) is 0 Å². The monoisotopic (exact) mass is 124 g/mol. The van der Waals surface area contributed by atoms with Crippen molar-refractivity contribution in [1.82, 2.24) is 0 Å². The van der Waals surface area contributed by atoms with E-state index in [1.165, 1.54) is 16.7 Å². The molecule has 0 aromatic rings. The van der Waals surface area contributed by atoms with Gasteiger partial charge in [-0.1, -0.05) is 30.7 Å². The third-order valence-electron chi connectivity index (χ3n) is 1.70. The first-order valence-corrected chi connectivity index (χ1v) is 4.37. The Hall–Kier alpha value is -0.303. The minimum Gasteiger partial charge on any atom is -0.0811 e. The third-order valence-corrected chi connectivity index (χ3v) is 2.83. The Bertz CT molecular complexity index is 133. The van der Waals surface area contributed by atoms with Gasteiger partial charge in [0.2, 0.25) is 0 Å². The van der Waals surface area contributed by atoms with Crippen LogP contribution < -0.4 is 0 Å². The van der Waals surface area contributed by atoms with Crippen LogP contribution in [-0.4, -0.2) is 10.2 Å². The summed E-state index contributed by atoms with van der Waals surface area (Å²) in [6.45, 7) is 2.23. The SMILES string of the molecule is CCC1=CC=CC1[SiH3]. The van der Waals surface area contributed by atoms with E-state index in [1.807, 2.05) is 0 Å². The van der Waals surface area contributed by atoms with Crippen molar-refractivity contribution < 1.29 is 0 Å². The molecule has 0 saturated heterocycles. The standard InChI is InChI=1S/C7H12Si/c1-2-6-4-3-5-7(6)8/h3-5,7H,2H2,1,8H3. The Morgan fingerprint density at radius 2 is 2.50 bits per heavy atom. The maximum Gasteiger partial charge on any atom is 0.0166 e. The van der Waals surface area contributed by atoms with E-state index in [2.05, 4.69) is 25.2 Å². The molecule has 0 spiro atoms. The summed E-state index contributed by atoms with van der Waals surface area (Å²) in [6, 6.07) is 0. The van der Waals surface area contributed by atoms with Gasteiger partial charge in [-0.2, -0.15) is 0 Å². The molecular formula is C7H12Si. The summed E-state index contributed by atoms with van der Waals surface area (Å²) < 4.78 is 0. The van der Waals surface area contributed by atoms with E-state index in [4.69, 9.17) is 0 Å². The lowest BCUT2D eigenvalue weighted by Crippen LogP contribution is -1.86. The van der Waals surface area contributed by atoms with Gasteiger partial charge in [0, 0.05) is 10.2 Å². The second-order valence-electron chi connectivity index (χ2n) is 2.27. The van der Waals surface area contributed by atoms with Gasteiger partial charge in [-0.05, 0) is 12.0 Å². The molecule has 1 unspecified atom stereocenters. The number of allylic oxidation sites excluding steroid dienone is 4. The molecule has 8 heavy (non-hydrogen) atoms. The first-order valence-electron chi connectivity index (χ1n) is 3.22. The van der Waals surface area contributed by atoms with Crippen molar-refractivity contribution >= 4 is 10.2 Å². The second kappa shape index (κ2) is 2.31. The van der Waals surface area contributed by atoms with Crippen LogP contribution in [0.25, 0.3) is 0 Å². The zero-order valence-electron chi connectivity index (χ0n) is 5.52. The Morgan fingerprint density at radius 3 is 2.75 bits per heavy atom. The summed E-state index contributed by atoms with van der Waals surface area (Å²) in [5.74, 6) is 0. The maximum absolute atomic E-state index is 2.30. The molecule has 0 fully saturated rings. The van der Waals surface area contributed by atoms with Gasteiger partial charge in [-0.25, -0.2) is 0 Å². The fourth-order valence-electron chi connectivity index (χ4n) is 1.06.